The molecule has 0 aromatic heterocycles. The minimum absolute atomic E-state index is 0.0277. The van der Waals surface area contributed by atoms with Crippen LogP contribution in [0.3, 0.4) is 0 Å². The number of aliphatic carboxylic acids is 1. The molecule has 2 aromatic carbocycles. The van der Waals surface area contributed by atoms with E-state index in [0.717, 1.165) is 22.3 Å². The van der Waals surface area contributed by atoms with E-state index >= 15 is 0 Å². The Balaban J connectivity index is 1.39. The molecule has 180 valence electrons. The summed E-state index contributed by atoms with van der Waals surface area (Å²) in [4.78, 5) is 36.8. The van der Waals surface area contributed by atoms with Crippen LogP contribution in [0.4, 0.5) is 4.79 Å². The number of carboxylic acid groups (broad SMARTS) is 1. The molecule has 0 spiro atoms. The van der Waals surface area contributed by atoms with E-state index in [9.17, 15) is 14.4 Å². The summed E-state index contributed by atoms with van der Waals surface area (Å²) in [5.74, 6) is -1.56. The van der Waals surface area contributed by atoms with E-state index in [1.165, 1.54) is 0 Å². The number of nitrogens with one attached hydrogen (secondary N) is 2. The zero-order valence-corrected chi connectivity index (χ0v) is 19.2. The summed E-state index contributed by atoms with van der Waals surface area (Å²) in [6.45, 7) is 2.62. The van der Waals surface area contributed by atoms with E-state index in [0.29, 0.717) is 19.4 Å². The minimum Gasteiger partial charge on any atom is -0.481 e. The van der Waals surface area contributed by atoms with E-state index in [-0.39, 0.29) is 43.9 Å². The molecule has 1 fully saturated rings. The quantitative estimate of drug-likeness (QED) is 0.523. The molecule has 1 saturated heterocycles. The van der Waals surface area contributed by atoms with Gasteiger partial charge in [0, 0.05) is 31.9 Å². The molecule has 0 saturated carbocycles. The predicted molar refractivity (Wildman–Crippen MR) is 125 cm³/mol. The van der Waals surface area contributed by atoms with Gasteiger partial charge in [-0.05, 0) is 28.2 Å². The van der Waals surface area contributed by atoms with Crippen molar-refractivity contribution in [3.63, 3.8) is 0 Å². The second-order valence-electron chi connectivity index (χ2n) is 8.92. The summed E-state index contributed by atoms with van der Waals surface area (Å²) in [6.07, 6.45) is 0.231. The van der Waals surface area contributed by atoms with Gasteiger partial charge in [-0.2, -0.15) is 0 Å². The van der Waals surface area contributed by atoms with E-state index in [1.807, 2.05) is 43.3 Å². The van der Waals surface area contributed by atoms with Crippen LogP contribution >= 0.6 is 0 Å². The highest BCUT2D eigenvalue weighted by atomic mass is 16.6. The SMILES string of the molecule is CCC(CNC(=O)C1(NC(=O)OCC2c3ccccc3-c3ccccc32)CCOC1)CC(=O)O. The summed E-state index contributed by atoms with van der Waals surface area (Å²) in [5, 5.41) is 14.6. The number of fused-ring (bicyclic) bond motifs is 3. The van der Waals surface area contributed by atoms with Gasteiger partial charge in [-0.3, -0.25) is 9.59 Å². The monoisotopic (exact) mass is 466 g/mol. The van der Waals surface area contributed by atoms with Crippen molar-refractivity contribution in [2.24, 2.45) is 5.92 Å². The number of carbonyl (C=O) groups excluding carboxylic acids is 2. The van der Waals surface area contributed by atoms with Gasteiger partial charge in [0.15, 0.2) is 0 Å². The molecule has 2 atom stereocenters. The molecule has 3 N–H and O–H groups in total. The van der Waals surface area contributed by atoms with Gasteiger partial charge in [-0.25, -0.2) is 4.79 Å². The first kappa shape index (κ1) is 23.8. The van der Waals surface area contributed by atoms with Gasteiger partial charge >= 0.3 is 12.1 Å². The first-order valence-corrected chi connectivity index (χ1v) is 11.6. The van der Waals surface area contributed by atoms with Crippen LogP contribution in [0, 0.1) is 5.92 Å². The molecular weight excluding hydrogens is 436 g/mol. The maximum absolute atomic E-state index is 13.0. The largest absolute Gasteiger partial charge is 0.481 e. The summed E-state index contributed by atoms with van der Waals surface area (Å²) < 4.78 is 11.0. The molecule has 2 aliphatic rings. The van der Waals surface area contributed by atoms with Gasteiger partial charge in [0.1, 0.15) is 12.1 Å². The Hall–Kier alpha value is -3.39. The zero-order valence-electron chi connectivity index (χ0n) is 19.2. The molecule has 34 heavy (non-hydrogen) atoms. The standard InChI is InChI=1S/C26H30N2O6/c1-2-17(13-23(29)30)14-27-24(31)26(11-12-33-16-26)28-25(32)34-15-22-20-9-5-3-7-18(20)19-8-4-6-10-21(19)22/h3-10,17,22H,2,11-16H2,1H3,(H,27,31)(H,28,32)(H,29,30). The van der Waals surface area contributed by atoms with Crippen molar-refractivity contribution < 1.29 is 29.0 Å². The van der Waals surface area contributed by atoms with E-state index in [2.05, 4.69) is 22.8 Å². The maximum atomic E-state index is 13.0. The number of alkyl carbamates (subject to hydrolysis) is 1. The average Bonchev–Trinajstić information content (AvgIpc) is 3.43. The van der Waals surface area contributed by atoms with Crippen LogP contribution in [0.1, 0.15) is 43.2 Å². The number of hydrogen-bond donors (Lipinski definition) is 3. The minimum atomic E-state index is -1.23. The highest BCUT2D eigenvalue weighted by molar-refractivity contribution is 5.90. The Morgan fingerprint density at radius 2 is 1.76 bits per heavy atom. The molecule has 2 unspecified atom stereocenters. The summed E-state index contributed by atoms with van der Waals surface area (Å²) in [6, 6.07) is 16.2. The number of benzene rings is 2. The van der Waals surface area contributed by atoms with Crippen LogP contribution in [-0.2, 0) is 19.1 Å². The molecular formula is C26H30N2O6. The summed E-state index contributed by atoms with van der Waals surface area (Å²) >= 11 is 0. The van der Waals surface area contributed by atoms with E-state index < -0.39 is 17.6 Å². The first-order chi connectivity index (χ1) is 16.4. The van der Waals surface area contributed by atoms with Crippen molar-refractivity contribution in [2.45, 2.75) is 37.6 Å². The lowest BCUT2D eigenvalue weighted by Crippen LogP contribution is -2.60. The third-order valence-electron chi connectivity index (χ3n) is 6.73. The molecule has 8 nitrogen and oxygen atoms in total. The lowest BCUT2D eigenvalue weighted by atomic mass is 9.96. The molecule has 2 amide bonds. The van der Waals surface area contributed by atoms with Crippen LogP contribution in [0.15, 0.2) is 48.5 Å². The fourth-order valence-corrected chi connectivity index (χ4v) is 4.74. The van der Waals surface area contributed by atoms with Gasteiger partial charge in [0.25, 0.3) is 0 Å². The second-order valence-corrected chi connectivity index (χ2v) is 8.92. The molecule has 1 heterocycles. The zero-order chi connectivity index (χ0) is 24.1. The second kappa shape index (κ2) is 10.3. The van der Waals surface area contributed by atoms with E-state index in [4.69, 9.17) is 14.6 Å². The lowest BCUT2D eigenvalue weighted by Gasteiger charge is -2.28. The van der Waals surface area contributed by atoms with Crippen molar-refractivity contribution in [3.05, 3.63) is 59.7 Å². The van der Waals surface area contributed by atoms with Crippen LogP contribution in [0.25, 0.3) is 11.1 Å². The van der Waals surface area contributed by atoms with Crippen LogP contribution in [0.2, 0.25) is 0 Å². The van der Waals surface area contributed by atoms with Gasteiger partial charge in [-0.1, -0.05) is 61.9 Å². The van der Waals surface area contributed by atoms with Crippen LogP contribution in [0.5, 0.6) is 0 Å². The third-order valence-corrected chi connectivity index (χ3v) is 6.73. The number of ether oxygens (including phenoxy) is 2. The highest BCUT2D eigenvalue weighted by Gasteiger charge is 2.44. The summed E-state index contributed by atoms with van der Waals surface area (Å²) in [5.41, 5.74) is 3.26. The van der Waals surface area contributed by atoms with Crippen molar-refractivity contribution in [1.29, 1.82) is 0 Å². The fraction of sp³-hybridized carbons (Fsp3) is 0.423. The predicted octanol–water partition coefficient (Wildman–Crippen LogP) is 3.30. The number of carboxylic acids is 1. The van der Waals surface area contributed by atoms with Gasteiger partial charge < -0.3 is 25.2 Å². The Morgan fingerprint density at radius 1 is 1.12 bits per heavy atom. The van der Waals surface area contributed by atoms with Crippen molar-refractivity contribution in [3.8, 4) is 11.1 Å². The number of amides is 2. The van der Waals surface area contributed by atoms with Crippen LogP contribution < -0.4 is 10.6 Å². The number of rotatable bonds is 9. The van der Waals surface area contributed by atoms with Gasteiger partial charge in [0.2, 0.25) is 5.91 Å². The smallest absolute Gasteiger partial charge is 0.408 e. The molecule has 4 rings (SSSR count). The molecule has 8 heteroatoms. The number of hydrogen-bond acceptors (Lipinski definition) is 5. The van der Waals surface area contributed by atoms with Gasteiger partial charge in [0.05, 0.1) is 6.61 Å². The normalized spacial score (nSPS) is 19.7. The maximum Gasteiger partial charge on any atom is 0.408 e. The Bertz CT molecular complexity index is 1020. The van der Waals surface area contributed by atoms with Gasteiger partial charge in [-0.15, -0.1) is 0 Å². The fourth-order valence-electron chi connectivity index (χ4n) is 4.74. The molecule has 1 aliphatic carbocycles. The third kappa shape index (κ3) is 4.92. The Labute approximate surface area is 198 Å². The molecule has 1 aliphatic heterocycles. The van der Waals surface area contributed by atoms with E-state index in [1.54, 1.807) is 0 Å². The first-order valence-electron chi connectivity index (χ1n) is 11.6. The molecule has 2 aromatic rings. The Morgan fingerprint density at radius 3 is 2.32 bits per heavy atom. The van der Waals surface area contributed by atoms with Crippen molar-refractivity contribution in [2.75, 3.05) is 26.4 Å². The van der Waals surface area contributed by atoms with Crippen molar-refractivity contribution in [1.82, 2.24) is 10.6 Å². The lowest BCUT2D eigenvalue weighted by molar-refractivity contribution is -0.138. The molecule has 0 radical (unpaired) electrons. The Kier molecular flexibility index (Phi) is 7.17. The van der Waals surface area contributed by atoms with Crippen molar-refractivity contribution >= 4 is 18.0 Å². The van der Waals surface area contributed by atoms with Crippen LogP contribution in [-0.4, -0.2) is 55.0 Å². The topological polar surface area (TPSA) is 114 Å². The highest BCUT2D eigenvalue weighted by Crippen LogP contribution is 2.44. The summed E-state index contributed by atoms with van der Waals surface area (Å²) in [7, 11) is 0. The number of carbonyl (C=O) groups is 3. The average molecular weight is 467 g/mol. The molecule has 0 bridgehead atoms.